The summed E-state index contributed by atoms with van der Waals surface area (Å²) in [4.78, 5) is 28.7. The minimum Gasteiger partial charge on any atom is -0.307 e. The highest BCUT2D eigenvalue weighted by atomic mass is 35.5. The lowest BCUT2D eigenvalue weighted by Gasteiger charge is -2.39. The number of nitrogens with zero attached hydrogens (tertiary/aromatic N) is 2. The number of rotatable bonds is 4. The topological polar surface area (TPSA) is 40.6 Å². The van der Waals surface area contributed by atoms with Crippen molar-refractivity contribution in [1.82, 2.24) is 4.90 Å². The number of anilines is 1. The highest BCUT2D eigenvalue weighted by Gasteiger charge is 2.47. The molecule has 0 unspecified atom stereocenters. The normalized spacial score (nSPS) is 17.9. The van der Waals surface area contributed by atoms with Gasteiger partial charge in [0.25, 0.3) is 5.91 Å². The molecule has 30 heavy (non-hydrogen) atoms. The Kier molecular flexibility index (Phi) is 5.64. The zero-order valence-electron chi connectivity index (χ0n) is 16.8. The van der Waals surface area contributed by atoms with Crippen LogP contribution in [0.3, 0.4) is 0 Å². The van der Waals surface area contributed by atoms with Crippen molar-refractivity contribution in [1.29, 1.82) is 0 Å². The first-order valence-corrected chi connectivity index (χ1v) is 10.5. The second-order valence-electron chi connectivity index (χ2n) is 8.10. The van der Waals surface area contributed by atoms with E-state index in [1.54, 1.807) is 12.1 Å². The number of likely N-dealkylation sites (tertiary alicyclic amines) is 1. The van der Waals surface area contributed by atoms with Gasteiger partial charge in [0.15, 0.2) is 11.6 Å². The Hall–Kier alpha value is -2.31. The lowest BCUT2D eigenvalue weighted by Crippen LogP contribution is -2.47. The number of hydrogen-bond donors (Lipinski definition) is 0. The van der Waals surface area contributed by atoms with Gasteiger partial charge in [0.05, 0.1) is 12.1 Å². The van der Waals surface area contributed by atoms with Gasteiger partial charge in [-0.2, -0.15) is 0 Å². The summed E-state index contributed by atoms with van der Waals surface area (Å²) >= 11 is 6.26. The molecule has 0 saturated carbocycles. The number of Topliss-reactive ketones (excluding diaryl/α,β-unsaturated/α-hetero) is 1. The molecular formula is C23H23ClF2N2O2. The smallest absolute Gasteiger partial charge is 0.261 e. The number of benzene rings is 2. The lowest BCUT2D eigenvalue weighted by molar-refractivity contribution is -0.120. The summed E-state index contributed by atoms with van der Waals surface area (Å²) in [6, 6.07) is 8.99. The third kappa shape index (κ3) is 3.63. The number of fused-ring (bicyclic) bond motifs is 2. The summed E-state index contributed by atoms with van der Waals surface area (Å²) in [5.74, 6) is -2.53. The molecule has 2 aliphatic rings. The van der Waals surface area contributed by atoms with E-state index in [1.165, 1.54) is 17.0 Å². The number of ketones is 1. The first kappa shape index (κ1) is 20.9. The summed E-state index contributed by atoms with van der Waals surface area (Å²) in [5, 5.41) is 0.572. The van der Waals surface area contributed by atoms with Crippen molar-refractivity contribution in [2.24, 2.45) is 0 Å². The maximum Gasteiger partial charge on any atom is 0.261 e. The highest BCUT2D eigenvalue weighted by molar-refractivity contribution is 6.30. The third-order valence-corrected chi connectivity index (χ3v) is 6.55. The van der Waals surface area contributed by atoms with Crippen LogP contribution in [0.4, 0.5) is 14.5 Å². The van der Waals surface area contributed by atoms with Gasteiger partial charge in [-0.15, -0.1) is 0 Å². The molecule has 7 heteroatoms. The standard InChI is InChI=1S/C23H23ClF2N2O2/c1-2-16(29)13-27-10-8-23(9-11-27)14-28(20-7-6-15(24)12-18(20)23)22(30)17-4-3-5-19(25)21(17)26/h3-7,12H,2,8-11,13-14H2,1H3. The van der Waals surface area contributed by atoms with Crippen LogP contribution in [-0.4, -0.2) is 42.8 Å². The van der Waals surface area contributed by atoms with Crippen molar-refractivity contribution in [2.75, 3.05) is 31.1 Å². The number of carbonyl (C=O) groups excluding carboxylic acids is 2. The number of piperidine rings is 1. The number of halogens is 3. The van der Waals surface area contributed by atoms with Gasteiger partial charge in [-0.3, -0.25) is 14.5 Å². The van der Waals surface area contributed by atoms with Crippen LogP contribution in [0.1, 0.15) is 42.1 Å². The first-order chi connectivity index (χ1) is 14.3. The molecule has 2 aliphatic heterocycles. The Bertz CT molecular complexity index is 1000. The van der Waals surface area contributed by atoms with Crippen LogP contribution in [0, 0.1) is 11.6 Å². The van der Waals surface area contributed by atoms with Crippen LogP contribution in [0.15, 0.2) is 36.4 Å². The zero-order valence-corrected chi connectivity index (χ0v) is 17.5. The predicted molar refractivity (Wildman–Crippen MR) is 112 cm³/mol. The Morgan fingerprint density at radius 2 is 1.87 bits per heavy atom. The van der Waals surface area contributed by atoms with E-state index < -0.39 is 17.5 Å². The summed E-state index contributed by atoms with van der Waals surface area (Å²) in [7, 11) is 0. The maximum absolute atomic E-state index is 14.3. The molecule has 1 spiro atoms. The molecule has 4 rings (SSSR count). The van der Waals surface area contributed by atoms with Gasteiger partial charge in [0.1, 0.15) is 5.78 Å². The van der Waals surface area contributed by atoms with Gasteiger partial charge in [-0.25, -0.2) is 8.78 Å². The van der Waals surface area contributed by atoms with E-state index in [0.717, 1.165) is 37.6 Å². The molecule has 2 aromatic rings. The molecule has 1 saturated heterocycles. The molecule has 2 aromatic carbocycles. The van der Waals surface area contributed by atoms with Crippen molar-refractivity contribution in [3.63, 3.8) is 0 Å². The van der Waals surface area contributed by atoms with Crippen LogP contribution in [0.25, 0.3) is 0 Å². The first-order valence-electron chi connectivity index (χ1n) is 10.1. The summed E-state index contributed by atoms with van der Waals surface area (Å²) in [5.41, 5.74) is 1.05. The molecule has 0 aromatic heterocycles. The van der Waals surface area contributed by atoms with E-state index in [2.05, 4.69) is 4.90 Å². The molecule has 1 amide bonds. The fraction of sp³-hybridized carbons (Fsp3) is 0.391. The molecule has 4 nitrogen and oxygen atoms in total. The minimum atomic E-state index is -1.13. The fourth-order valence-corrected chi connectivity index (χ4v) is 4.74. The average Bonchev–Trinajstić information content (AvgIpc) is 3.04. The van der Waals surface area contributed by atoms with Gasteiger partial charge in [0, 0.05) is 29.1 Å². The maximum atomic E-state index is 14.3. The second-order valence-corrected chi connectivity index (χ2v) is 8.54. The van der Waals surface area contributed by atoms with Crippen LogP contribution < -0.4 is 4.90 Å². The number of amides is 1. The van der Waals surface area contributed by atoms with Crippen molar-refractivity contribution < 1.29 is 18.4 Å². The van der Waals surface area contributed by atoms with Gasteiger partial charge in [-0.05, 0) is 61.8 Å². The SMILES string of the molecule is CCC(=O)CN1CCC2(CC1)CN(C(=O)c1cccc(F)c1F)c1ccc(Cl)cc12. The summed E-state index contributed by atoms with van der Waals surface area (Å²) < 4.78 is 28.0. The zero-order chi connectivity index (χ0) is 21.5. The van der Waals surface area contributed by atoms with E-state index in [0.29, 0.717) is 30.2 Å². The quantitative estimate of drug-likeness (QED) is 0.709. The Labute approximate surface area is 179 Å². The van der Waals surface area contributed by atoms with Gasteiger partial charge in [0.2, 0.25) is 0 Å². The minimum absolute atomic E-state index is 0.208. The van der Waals surface area contributed by atoms with Gasteiger partial charge < -0.3 is 4.90 Å². The Balaban J connectivity index is 1.65. The van der Waals surface area contributed by atoms with E-state index in [9.17, 15) is 18.4 Å². The summed E-state index contributed by atoms with van der Waals surface area (Å²) in [6.07, 6.45) is 2.03. The molecule has 0 bridgehead atoms. The average molecular weight is 433 g/mol. The number of carbonyl (C=O) groups is 2. The molecule has 0 atom stereocenters. The van der Waals surface area contributed by atoms with Crippen molar-refractivity contribution in [2.45, 2.75) is 31.6 Å². The summed E-state index contributed by atoms with van der Waals surface area (Å²) in [6.45, 7) is 4.14. The van der Waals surface area contributed by atoms with Crippen molar-refractivity contribution in [3.05, 3.63) is 64.2 Å². The monoisotopic (exact) mass is 432 g/mol. The van der Waals surface area contributed by atoms with Gasteiger partial charge >= 0.3 is 0 Å². The van der Waals surface area contributed by atoms with E-state index >= 15 is 0 Å². The van der Waals surface area contributed by atoms with Crippen LogP contribution in [0.5, 0.6) is 0 Å². The number of hydrogen-bond acceptors (Lipinski definition) is 3. The lowest BCUT2D eigenvalue weighted by atomic mass is 9.74. The Morgan fingerprint density at radius 1 is 1.13 bits per heavy atom. The highest BCUT2D eigenvalue weighted by Crippen LogP contribution is 2.48. The van der Waals surface area contributed by atoms with Crippen molar-refractivity contribution >= 4 is 29.0 Å². The fourth-order valence-electron chi connectivity index (χ4n) is 4.56. The van der Waals surface area contributed by atoms with Crippen LogP contribution in [0.2, 0.25) is 5.02 Å². The van der Waals surface area contributed by atoms with Crippen molar-refractivity contribution in [3.8, 4) is 0 Å². The largest absolute Gasteiger partial charge is 0.307 e. The van der Waals surface area contributed by atoms with E-state index in [4.69, 9.17) is 11.6 Å². The van der Waals surface area contributed by atoms with E-state index in [1.807, 2.05) is 13.0 Å². The molecule has 0 radical (unpaired) electrons. The molecule has 2 heterocycles. The van der Waals surface area contributed by atoms with Crippen LogP contribution in [-0.2, 0) is 10.2 Å². The molecular weight excluding hydrogens is 410 g/mol. The van der Waals surface area contributed by atoms with E-state index in [-0.39, 0.29) is 16.8 Å². The predicted octanol–water partition coefficient (Wildman–Crippen LogP) is 4.59. The molecule has 158 valence electrons. The molecule has 0 N–H and O–H groups in total. The molecule has 0 aliphatic carbocycles. The molecule has 1 fully saturated rings. The third-order valence-electron chi connectivity index (χ3n) is 6.32. The van der Waals surface area contributed by atoms with Crippen LogP contribution >= 0.6 is 11.6 Å². The second kappa shape index (κ2) is 8.08. The van der Waals surface area contributed by atoms with Gasteiger partial charge in [-0.1, -0.05) is 24.6 Å². The Morgan fingerprint density at radius 3 is 2.57 bits per heavy atom.